The SMILES string of the molecule is CC(=O)c1ccc(NC(=O)[C@@H](C)n2nc(-c3ccc(C)cc3)cc(NC(=O)C(C)C)c2=O)cc1. The van der Waals surface area contributed by atoms with E-state index in [4.69, 9.17) is 0 Å². The van der Waals surface area contributed by atoms with Crippen LogP contribution >= 0.6 is 0 Å². The molecule has 0 aliphatic heterocycles. The number of nitrogens with one attached hydrogen (secondary N) is 2. The minimum absolute atomic E-state index is 0.0507. The number of carbonyl (C=O) groups excluding carboxylic acids is 3. The summed E-state index contributed by atoms with van der Waals surface area (Å²) in [6.07, 6.45) is 0. The van der Waals surface area contributed by atoms with Crippen molar-refractivity contribution in [2.45, 2.75) is 40.7 Å². The van der Waals surface area contributed by atoms with E-state index < -0.39 is 17.5 Å². The van der Waals surface area contributed by atoms with Crippen LogP contribution in [0.15, 0.2) is 59.4 Å². The van der Waals surface area contributed by atoms with Crippen molar-refractivity contribution >= 4 is 29.0 Å². The van der Waals surface area contributed by atoms with E-state index >= 15 is 0 Å². The fourth-order valence-electron chi connectivity index (χ4n) is 3.15. The molecular formula is C26H28N4O4. The van der Waals surface area contributed by atoms with Gasteiger partial charge in [0.1, 0.15) is 11.7 Å². The Morgan fingerprint density at radius 3 is 2.06 bits per heavy atom. The highest BCUT2D eigenvalue weighted by atomic mass is 16.2. The maximum Gasteiger partial charge on any atom is 0.291 e. The fraction of sp³-hybridized carbons (Fsp3) is 0.269. The molecule has 2 amide bonds. The summed E-state index contributed by atoms with van der Waals surface area (Å²) in [5.41, 5.74) is 2.73. The van der Waals surface area contributed by atoms with Gasteiger partial charge in [0.2, 0.25) is 11.8 Å². The van der Waals surface area contributed by atoms with Gasteiger partial charge in [-0.15, -0.1) is 0 Å². The van der Waals surface area contributed by atoms with Crippen LogP contribution in [0, 0.1) is 12.8 Å². The average molecular weight is 461 g/mol. The van der Waals surface area contributed by atoms with Gasteiger partial charge in [0, 0.05) is 22.7 Å². The molecule has 1 heterocycles. The summed E-state index contributed by atoms with van der Waals surface area (Å²) in [5.74, 6) is -1.19. The normalized spacial score (nSPS) is 11.7. The Hall–Kier alpha value is -4.07. The predicted octanol–water partition coefficient (Wildman–Crippen LogP) is 4.22. The molecular weight excluding hydrogens is 432 g/mol. The minimum Gasteiger partial charge on any atom is -0.324 e. The van der Waals surface area contributed by atoms with Crippen molar-refractivity contribution in [3.8, 4) is 11.3 Å². The lowest BCUT2D eigenvalue weighted by Gasteiger charge is -2.17. The standard InChI is InChI=1S/C26H28N4O4/c1-15(2)24(32)28-23-14-22(20-8-6-16(3)7-9-20)29-30(26(23)34)17(4)25(33)27-21-12-10-19(11-13-21)18(5)31/h6-15,17H,1-5H3,(H,27,33)(H,28,32)/t17-/m1/s1. The third-order valence-electron chi connectivity index (χ3n) is 5.37. The molecule has 0 radical (unpaired) electrons. The van der Waals surface area contributed by atoms with Crippen LogP contribution in [0.1, 0.15) is 49.7 Å². The van der Waals surface area contributed by atoms with Crippen LogP contribution < -0.4 is 16.2 Å². The van der Waals surface area contributed by atoms with E-state index in [1.807, 2.05) is 31.2 Å². The number of carbonyl (C=O) groups is 3. The van der Waals surface area contributed by atoms with Crippen LogP contribution in [0.5, 0.6) is 0 Å². The summed E-state index contributed by atoms with van der Waals surface area (Å²) in [4.78, 5) is 49.9. The zero-order chi connectivity index (χ0) is 25.0. The highest BCUT2D eigenvalue weighted by molar-refractivity contribution is 5.96. The molecule has 8 nitrogen and oxygen atoms in total. The van der Waals surface area contributed by atoms with Crippen molar-refractivity contribution in [1.82, 2.24) is 9.78 Å². The maximum absolute atomic E-state index is 13.2. The first-order valence-corrected chi connectivity index (χ1v) is 11.0. The molecule has 0 saturated heterocycles. The number of rotatable bonds is 7. The van der Waals surface area contributed by atoms with Crippen molar-refractivity contribution in [1.29, 1.82) is 0 Å². The molecule has 176 valence electrons. The number of hydrogen-bond donors (Lipinski definition) is 2. The van der Waals surface area contributed by atoms with Crippen molar-refractivity contribution in [3.05, 3.63) is 76.1 Å². The Balaban J connectivity index is 1.98. The average Bonchev–Trinajstić information content (AvgIpc) is 2.80. The van der Waals surface area contributed by atoms with Gasteiger partial charge < -0.3 is 10.6 Å². The van der Waals surface area contributed by atoms with Crippen molar-refractivity contribution < 1.29 is 14.4 Å². The predicted molar refractivity (Wildman–Crippen MR) is 132 cm³/mol. The number of nitrogens with zero attached hydrogens (tertiary/aromatic N) is 2. The van der Waals surface area contributed by atoms with Gasteiger partial charge in [-0.2, -0.15) is 5.10 Å². The van der Waals surface area contributed by atoms with E-state index in [-0.39, 0.29) is 23.3 Å². The topological polar surface area (TPSA) is 110 Å². The van der Waals surface area contributed by atoms with Crippen LogP contribution in [-0.4, -0.2) is 27.4 Å². The summed E-state index contributed by atoms with van der Waals surface area (Å²) in [7, 11) is 0. The summed E-state index contributed by atoms with van der Waals surface area (Å²) >= 11 is 0. The van der Waals surface area contributed by atoms with E-state index in [9.17, 15) is 19.2 Å². The second-order valence-electron chi connectivity index (χ2n) is 8.50. The van der Waals surface area contributed by atoms with Gasteiger partial charge in [0.05, 0.1) is 5.69 Å². The smallest absolute Gasteiger partial charge is 0.291 e. The Morgan fingerprint density at radius 1 is 0.882 bits per heavy atom. The number of aryl methyl sites for hydroxylation is 1. The van der Waals surface area contributed by atoms with Gasteiger partial charge in [-0.1, -0.05) is 43.7 Å². The molecule has 0 spiro atoms. The molecule has 0 saturated carbocycles. The van der Waals surface area contributed by atoms with Gasteiger partial charge in [0.25, 0.3) is 5.56 Å². The van der Waals surface area contributed by atoms with Crippen molar-refractivity contribution in [3.63, 3.8) is 0 Å². The lowest BCUT2D eigenvalue weighted by molar-refractivity contribution is -0.119. The van der Waals surface area contributed by atoms with Gasteiger partial charge >= 0.3 is 0 Å². The van der Waals surface area contributed by atoms with Gasteiger partial charge in [-0.3, -0.25) is 19.2 Å². The van der Waals surface area contributed by atoms with Crippen LogP contribution in [0.25, 0.3) is 11.3 Å². The van der Waals surface area contributed by atoms with Gasteiger partial charge in [-0.05, 0) is 51.1 Å². The Morgan fingerprint density at radius 2 is 1.50 bits per heavy atom. The van der Waals surface area contributed by atoms with E-state index in [1.54, 1.807) is 45.0 Å². The highest BCUT2D eigenvalue weighted by Crippen LogP contribution is 2.21. The first-order chi connectivity index (χ1) is 16.1. The molecule has 0 aliphatic carbocycles. The van der Waals surface area contributed by atoms with Crippen molar-refractivity contribution in [2.24, 2.45) is 5.92 Å². The number of ketones is 1. The van der Waals surface area contributed by atoms with Crippen LogP contribution in [-0.2, 0) is 9.59 Å². The Bertz CT molecular complexity index is 1280. The molecule has 3 aromatic rings. The number of benzene rings is 2. The van der Waals surface area contributed by atoms with Crippen molar-refractivity contribution in [2.75, 3.05) is 10.6 Å². The van der Waals surface area contributed by atoms with Crippen LogP contribution in [0.4, 0.5) is 11.4 Å². The molecule has 8 heteroatoms. The number of aromatic nitrogens is 2. The van der Waals surface area contributed by atoms with Gasteiger partial charge in [0.15, 0.2) is 5.78 Å². The summed E-state index contributed by atoms with van der Waals surface area (Å²) in [5, 5.41) is 9.83. The molecule has 2 aromatic carbocycles. The fourth-order valence-corrected chi connectivity index (χ4v) is 3.15. The second-order valence-corrected chi connectivity index (χ2v) is 8.50. The second kappa shape index (κ2) is 10.2. The summed E-state index contributed by atoms with van der Waals surface area (Å²) < 4.78 is 1.07. The largest absolute Gasteiger partial charge is 0.324 e. The Labute approximate surface area is 198 Å². The molecule has 3 rings (SSSR count). The first kappa shape index (κ1) is 24.6. The summed E-state index contributed by atoms with van der Waals surface area (Å²) in [6, 6.07) is 14.6. The molecule has 2 N–H and O–H groups in total. The molecule has 0 unspecified atom stereocenters. The monoisotopic (exact) mass is 460 g/mol. The first-order valence-electron chi connectivity index (χ1n) is 11.0. The van der Waals surface area contributed by atoms with Crippen LogP contribution in [0.2, 0.25) is 0 Å². The number of Topliss-reactive ketones (excluding diaryl/α,β-unsaturated/α-hetero) is 1. The molecule has 0 bridgehead atoms. The Kier molecular flexibility index (Phi) is 7.40. The maximum atomic E-state index is 13.2. The number of hydrogen-bond acceptors (Lipinski definition) is 5. The molecule has 0 aliphatic rings. The summed E-state index contributed by atoms with van der Waals surface area (Å²) in [6.45, 7) is 8.43. The lowest BCUT2D eigenvalue weighted by Crippen LogP contribution is -2.36. The zero-order valence-corrected chi connectivity index (χ0v) is 19.9. The van der Waals surface area contributed by atoms with Crippen LogP contribution in [0.3, 0.4) is 0 Å². The van der Waals surface area contributed by atoms with E-state index in [2.05, 4.69) is 15.7 Å². The molecule has 1 atom stereocenters. The third kappa shape index (κ3) is 5.64. The van der Waals surface area contributed by atoms with Gasteiger partial charge in [-0.25, -0.2) is 4.68 Å². The van der Waals surface area contributed by atoms with E-state index in [1.165, 1.54) is 13.0 Å². The van der Waals surface area contributed by atoms with E-state index in [0.29, 0.717) is 16.9 Å². The minimum atomic E-state index is -0.972. The molecule has 0 fully saturated rings. The molecule has 1 aromatic heterocycles. The number of amides is 2. The zero-order valence-electron chi connectivity index (χ0n) is 19.9. The quantitative estimate of drug-likeness (QED) is 0.513. The van der Waals surface area contributed by atoms with E-state index in [0.717, 1.165) is 15.8 Å². The highest BCUT2D eigenvalue weighted by Gasteiger charge is 2.22. The molecule has 34 heavy (non-hydrogen) atoms. The number of anilines is 2. The third-order valence-corrected chi connectivity index (χ3v) is 5.37. The lowest BCUT2D eigenvalue weighted by atomic mass is 10.1.